The van der Waals surface area contributed by atoms with Gasteiger partial charge in [-0.1, -0.05) is 38.0 Å². The maximum Gasteiger partial charge on any atom is 0.303 e. The van der Waals surface area contributed by atoms with Crippen molar-refractivity contribution in [1.29, 1.82) is 0 Å². The van der Waals surface area contributed by atoms with Gasteiger partial charge in [-0.25, -0.2) is 0 Å². The van der Waals surface area contributed by atoms with Crippen molar-refractivity contribution in [2.24, 2.45) is 5.92 Å². The lowest BCUT2D eigenvalue weighted by atomic mass is 9.83. The van der Waals surface area contributed by atoms with Gasteiger partial charge in [-0.2, -0.15) is 0 Å². The zero-order chi connectivity index (χ0) is 28.6. The number of ketones is 1. The molecule has 0 aromatic heterocycles. The van der Waals surface area contributed by atoms with E-state index in [1.54, 1.807) is 0 Å². The molecule has 0 saturated heterocycles. The molecule has 0 spiro atoms. The van der Waals surface area contributed by atoms with Gasteiger partial charge in [0.1, 0.15) is 5.75 Å². The Morgan fingerprint density at radius 3 is 2.28 bits per heavy atom. The highest BCUT2D eigenvalue weighted by Crippen LogP contribution is 2.30. The maximum atomic E-state index is 11.7. The summed E-state index contributed by atoms with van der Waals surface area (Å²) in [5, 5.41) is 28.3. The lowest BCUT2D eigenvalue weighted by molar-refractivity contribution is -0.138. The van der Waals surface area contributed by atoms with Gasteiger partial charge >= 0.3 is 11.9 Å². The quantitative estimate of drug-likeness (QED) is 0.182. The summed E-state index contributed by atoms with van der Waals surface area (Å²) in [4.78, 5) is 33.6. The Morgan fingerprint density at radius 2 is 1.59 bits per heavy atom. The number of benzene rings is 1. The third-order valence-electron chi connectivity index (χ3n) is 7.35. The highest BCUT2D eigenvalue weighted by molar-refractivity contribution is 5.94. The molecule has 2 rings (SSSR count). The summed E-state index contributed by atoms with van der Waals surface area (Å²) >= 11 is 0. The SMILES string of the molecule is CCC1C=C(C(C)=O)C(O)CC1OCCCCCCc1cccc(OCCCCCC(=O)O)c1CCC(=O)O. The average molecular weight is 547 g/mol. The van der Waals surface area contributed by atoms with Gasteiger partial charge in [0.05, 0.1) is 18.8 Å². The molecule has 1 aromatic carbocycles. The Bertz CT molecular complexity index is 954. The summed E-state index contributed by atoms with van der Waals surface area (Å²) in [6.07, 6.45) is 9.95. The number of hydrogen-bond acceptors (Lipinski definition) is 6. The van der Waals surface area contributed by atoms with Crippen LogP contribution in [0.1, 0.15) is 95.6 Å². The van der Waals surface area contributed by atoms with E-state index < -0.39 is 18.0 Å². The van der Waals surface area contributed by atoms with Crippen LogP contribution in [-0.4, -0.2) is 58.5 Å². The van der Waals surface area contributed by atoms with Crippen molar-refractivity contribution in [3.63, 3.8) is 0 Å². The molecule has 0 amide bonds. The first kappa shape index (κ1) is 32.5. The first-order chi connectivity index (χ1) is 18.7. The van der Waals surface area contributed by atoms with Crippen LogP contribution in [0, 0.1) is 5.92 Å². The zero-order valence-electron chi connectivity index (χ0n) is 23.5. The smallest absolute Gasteiger partial charge is 0.303 e. The Balaban J connectivity index is 1.78. The van der Waals surface area contributed by atoms with Crippen LogP contribution in [0.15, 0.2) is 29.8 Å². The molecule has 1 aliphatic rings. The number of unbranched alkanes of at least 4 members (excludes halogenated alkanes) is 5. The predicted octanol–water partition coefficient (Wildman–Crippen LogP) is 5.52. The second-order valence-corrected chi connectivity index (χ2v) is 10.4. The molecule has 0 saturated carbocycles. The number of carbonyl (C=O) groups is 3. The fourth-order valence-corrected chi connectivity index (χ4v) is 5.13. The molecule has 1 aromatic rings. The molecule has 8 heteroatoms. The highest BCUT2D eigenvalue weighted by atomic mass is 16.5. The minimum absolute atomic E-state index is 0.0427. The van der Waals surface area contributed by atoms with Crippen LogP contribution in [0.4, 0.5) is 0 Å². The molecule has 3 unspecified atom stereocenters. The van der Waals surface area contributed by atoms with Crippen LogP contribution >= 0.6 is 0 Å². The molecule has 0 aliphatic heterocycles. The number of aliphatic hydroxyl groups excluding tert-OH is 1. The second-order valence-electron chi connectivity index (χ2n) is 10.4. The summed E-state index contributed by atoms with van der Waals surface area (Å²) in [6, 6.07) is 5.87. The number of carbonyl (C=O) groups excluding carboxylic acids is 1. The molecule has 39 heavy (non-hydrogen) atoms. The van der Waals surface area contributed by atoms with Crippen molar-refractivity contribution in [2.45, 2.75) is 110 Å². The Labute approximate surface area is 232 Å². The maximum absolute atomic E-state index is 11.7. The fraction of sp³-hybridized carbons (Fsp3) is 0.645. The van der Waals surface area contributed by atoms with Crippen LogP contribution in [0.25, 0.3) is 0 Å². The van der Waals surface area contributed by atoms with E-state index in [1.165, 1.54) is 6.92 Å². The number of aliphatic hydroxyl groups is 1. The first-order valence-corrected chi connectivity index (χ1v) is 14.4. The van der Waals surface area contributed by atoms with Gasteiger partial charge in [-0.05, 0) is 75.5 Å². The summed E-state index contributed by atoms with van der Waals surface area (Å²) in [6.45, 7) is 4.66. The van der Waals surface area contributed by atoms with Gasteiger partial charge in [0.25, 0.3) is 0 Å². The number of Topliss-reactive ketones (excluding diaryl/α,β-unsaturated/α-hetero) is 1. The largest absolute Gasteiger partial charge is 0.493 e. The van der Waals surface area contributed by atoms with E-state index in [0.717, 1.165) is 68.2 Å². The van der Waals surface area contributed by atoms with E-state index >= 15 is 0 Å². The number of aryl methyl sites for hydroxylation is 1. The predicted molar refractivity (Wildman–Crippen MR) is 149 cm³/mol. The van der Waals surface area contributed by atoms with E-state index in [2.05, 4.69) is 6.92 Å². The molecule has 0 fully saturated rings. The lowest BCUT2D eigenvalue weighted by Crippen LogP contribution is -2.35. The number of carboxylic acid groups (broad SMARTS) is 2. The standard InChI is InChI=1S/C31H46O8/c1-3-23-20-26(22(2)32)27(33)21-29(23)39-19-9-5-4-7-12-24-13-11-14-28(25(24)16-17-31(36)37)38-18-10-6-8-15-30(34)35/h11,13-14,20,23,27,29,33H,3-10,12,15-19,21H2,1-2H3,(H,34,35)(H,36,37). The molecule has 3 atom stereocenters. The summed E-state index contributed by atoms with van der Waals surface area (Å²) in [5.41, 5.74) is 2.58. The zero-order valence-corrected chi connectivity index (χ0v) is 23.5. The number of ether oxygens (including phenoxy) is 2. The molecule has 8 nitrogen and oxygen atoms in total. The molecule has 1 aliphatic carbocycles. The van der Waals surface area contributed by atoms with Crippen molar-refractivity contribution in [3.05, 3.63) is 41.0 Å². The minimum Gasteiger partial charge on any atom is -0.493 e. The van der Waals surface area contributed by atoms with Gasteiger partial charge in [0.15, 0.2) is 5.78 Å². The highest BCUT2D eigenvalue weighted by Gasteiger charge is 2.31. The van der Waals surface area contributed by atoms with Crippen molar-refractivity contribution < 1.29 is 39.2 Å². The van der Waals surface area contributed by atoms with Gasteiger partial charge < -0.3 is 24.8 Å². The topological polar surface area (TPSA) is 130 Å². The van der Waals surface area contributed by atoms with Crippen LogP contribution in [0.2, 0.25) is 0 Å². The molecular formula is C31H46O8. The third kappa shape index (κ3) is 11.9. The number of rotatable bonds is 20. The number of hydrogen-bond donors (Lipinski definition) is 3. The van der Waals surface area contributed by atoms with E-state index in [4.69, 9.17) is 14.6 Å². The number of carboxylic acids is 2. The van der Waals surface area contributed by atoms with Crippen molar-refractivity contribution in [2.75, 3.05) is 13.2 Å². The van der Waals surface area contributed by atoms with Gasteiger partial charge in [0.2, 0.25) is 0 Å². The van der Waals surface area contributed by atoms with Gasteiger partial charge in [0, 0.05) is 37.4 Å². The van der Waals surface area contributed by atoms with Crippen LogP contribution in [0.3, 0.4) is 0 Å². The first-order valence-electron chi connectivity index (χ1n) is 14.4. The van der Waals surface area contributed by atoms with Crippen molar-refractivity contribution in [3.8, 4) is 5.75 Å². The van der Waals surface area contributed by atoms with Crippen molar-refractivity contribution >= 4 is 17.7 Å². The van der Waals surface area contributed by atoms with E-state index in [-0.39, 0.29) is 30.6 Å². The van der Waals surface area contributed by atoms with Gasteiger partial charge in [-0.3, -0.25) is 14.4 Å². The lowest BCUT2D eigenvalue weighted by Gasteiger charge is -2.32. The number of aliphatic carboxylic acids is 2. The molecule has 218 valence electrons. The van der Waals surface area contributed by atoms with Crippen LogP contribution in [-0.2, 0) is 32.0 Å². The minimum atomic E-state index is -0.840. The summed E-state index contributed by atoms with van der Waals surface area (Å²) < 4.78 is 12.1. The normalized spacial score (nSPS) is 18.9. The Morgan fingerprint density at radius 1 is 0.897 bits per heavy atom. The molecule has 0 heterocycles. The Hall–Kier alpha value is -2.71. The van der Waals surface area contributed by atoms with Gasteiger partial charge in [-0.15, -0.1) is 0 Å². The van der Waals surface area contributed by atoms with E-state index in [9.17, 15) is 24.6 Å². The second kappa shape index (κ2) is 17.8. The molecule has 0 radical (unpaired) electrons. The van der Waals surface area contributed by atoms with E-state index in [1.807, 2.05) is 24.3 Å². The molecular weight excluding hydrogens is 500 g/mol. The Kier molecular flexibility index (Phi) is 14.8. The van der Waals surface area contributed by atoms with Crippen molar-refractivity contribution in [1.82, 2.24) is 0 Å². The van der Waals surface area contributed by atoms with Crippen LogP contribution in [0.5, 0.6) is 5.75 Å². The van der Waals surface area contributed by atoms with Crippen LogP contribution < -0.4 is 4.74 Å². The molecule has 0 bridgehead atoms. The summed E-state index contributed by atoms with van der Waals surface area (Å²) in [7, 11) is 0. The monoisotopic (exact) mass is 546 g/mol. The fourth-order valence-electron chi connectivity index (χ4n) is 5.13. The van der Waals surface area contributed by atoms with E-state index in [0.29, 0.717) is 38.0 Å². The third-order valence-corrected chi connectivity index (χ3v) is 7.35. The summed E-state index contributed by atoms with van der Waals surface area (Å²) in [5.74, 6) is -0.829. The average Bonchev–Trinajstić information content (AvgIpc) is 2.89. The molecule has 3 N–H and O–H groups in total.